The minimum absolute atomic E-state index is 0.156. The number of carboxylic acids is 2. The average Bonchev–Trinajstić information content (AvgIpc) is 2.80. The summed E-state index contributed by atoms with van der Waals surface area (Å²) in [7, 11) is 0. The van der Waals surface area contributed by atoms with Crippen LogP contribution in [0.3, 0.4) is 0 Å². The highest BCUT2D eigenvalue weighted by atomic mass is 16.5. The number of rotatable bonds is 7. The summed E-state index contributed by atoms with van der Waals surface area (Å²) in [6.07, 6.45) is 0. The lowest BCUT2D eigenvalue weighted by Gasteiger charge is -2.10. The number of ether oxygens (including phenoxy) is 2. The van der Waals surface area contributed by atoms with E-state index in [-0.39, 0.29) is 11.1 Å². The van der Waals surface area contributed by atoms with Gasteiger partial charge in [-0.05, 0) is 71.8 Å². The van der Waals surface area contributed by atoms with Crippen LogP contribution in [0.5, 0.6) is 23.0 Å². The molecule has 2 N–H and O–H groups in total. The van der Waals surface area contributed by atoms with E-state index in [1.54, 1.807) is 42.5 Å². The molecule has 158 valence electrons. The second-order valence-electron chi connectivity index (χ2n) is 6.92. The number of aromatic carboxylic acids is 2. The summed E-state index contributed by atoms with van der Waals surface area (Å²) in [6, 6.07) is 27.4. The standard InChI is InChI=1S/C26H18O6/c27-25(28)19-5-2-8-23(15-19)31-21-12-10-17(11-13-21)18-4-1-7-22(14-18)32-24-9-3-6-20(16-24)26(29)30/h1-16H,(H,27,28)(H,29,30). The van der Waals surface area contributed by atoms with Crippen LogP contribution in [0.15, 0.2) is 97.1 Å². The molecular formula is C26H18O6. The van der Waals surface area contributed by atoms with Crippen LogP contribution in [0.1, 0.15) is 20.7 Å². The molecule has 4 aromatic carbocycles. The van der Waals surface area contributed by atoms with Gasteiger partial charge >= 0.3 is 11.9 Å². The number of carbonyl (C=O) groups is 2. The van der Waals surface area contributed by atoms with Crippen molar-refractivity contribution in [3.63, 3.8) is 0 Å². The van der Waals surface area contributed by atoms with Crippen LogP contribution in [-0.4, -0.2) is 22.2 Å². The minimum Gasteiger partial charge on any atom is -0.478 e. The van der Waals surface area contributed by atoms with Gasteiger partial charge in [0.2, 0.25) is 0 Å². The maximum atomic E-state index is 11.1. The fourth-order valence-electron chi connectivity index (χ4n) is 3.11. The zero-order valence-corrected chi connectivity index (χ0v) is 16.8. The van der Waals surface area contributed by atoms with Crippen LogP contribution in [0.2, 0.25) is 0 Å². The van der Waals surface area contributed by atoms with E-state index in [0.717, 1.165) is 11.1 Å². The molecule has 0 atom stereocenters. The van der Waals surface area contributed by atoms with Gasteiger partial charge in [-0.2, -0.15) is 0 Å². The molecule has 0 unspecified atom stereocenters. The first-order valence-corrected chi connectivity index (χ1v) is 9.71. The second-order valence-corrected chi connectivity index (χ2v) is 6.92. The van der Waals surface area contributed by atoms with Crippen molar-refractivity contribution < 1.29 is 29.3 Å². The van der Waals surface area contributed by atoms with Gasteiger partial charge in [-0.15, -0.1) is 0 Å². The summed E-state index contributed by atoms with van der Waals surface area (Å²) in [5.74, 6) is 0.0137. The maximum Gasteiger partial charge on any atom is 0.335 e. The van der Waals surface area contributed by atoms with E-state index in [2.05, 4.69) is 0 Å². The Hall–Kier alpha value is -4.58. The molecule has 0 aliphatic rings. The van der Waals surface area contributed by atoms with Crippen molar-refractivity contribution in [2.75, 3.05) is 0 Å². The highest BCUT2D eigenvalue weighted by Crippen LogP contribution is 2.30. The maximum absolute atomic E-state index is 11.1. The molecule has 4 aromatic rings. The van der Waals surface area contributed by atoms with Crippen LogP contribution in [0.4, 0.5) is 0 Å². The van der Waals surface area contributed by atoms with E-state index in [9.17, 15) is 9.59 Å². The van der Waals surface area contributed by atoms with Gasteiger partial charge in [0.1, 0.15) is 23.0 Å². The first kappa shape index (κ1) is 20.7. The van der Waals surface area contributed by atoms with E-state index < -0.39 is 11.9 Å². The number of carboxylic acid groups (broad SMARTS) is 2. The third-order valence-electron chi connectivity index (χ3n) is 4.66. The van der Waals surface area contributed by atoms with Gasteiger partial charge in [0.15, 0.2) is 0 Å². The van der Waals surface area contributed by atoms with Gasteiger partial charge in [0, 0.05) is 0 Å². The zero-order chi connectivity index (χ0) is 22.5. The molecule has 0 heterocycles. The molecule has 0 spiro atoms. The molecule has 0 saturated heterocycles. The molecular weight excluding hydrogens is 408 g/mol. The molecule has 6 heteroatoms. The smallest absolute Gasteiger partial charge is 0.335 e. The summed E-state index contributed by atoms with van der Waals surface area (Å²) in [6.45, 7) is 0. The highest BCUT2D eigenvalue weighted by Gasteiger charge is 2.07. The van der Waals surface area contributed by atoms with Crippen molar-refractivity contribution in [1.29, 1.82) is 0 Å². The van der Waals surface area contributed by atoms with Crippen molar-refractivity contribution in [3.05, 3.63) is 108 Å². The molecule has 0 aliphatic carbocycles. The molecule has 32 heavy (non-hydrogen) atoms. The SMILES string of the molecule is O=C(O)c1cccc(Oc2ccc(-c3cccc(Oc4cccc(C(=O)O)c4)c3)cc2)c1. The van der Waals surface area contributed by atoms with Crippen molar-refractivity contribution in [2.45, 2.75) is 0 Å². The predicted molar refractivity (Wildman–Crippen MR) is 119 cm³/mol. The first-order valence-electron chi connectivity index (χ1n) is 9.71. The Bertz CT molecular complexity index is 1280. The summed E-state index contributed by atoms with van der Waals surface area (Å²) in [4.78, 5) is 22.2. The van der Waals surface area contributed by atoms with Gasteiger partial charge in [-0.1, -0.05) is 36.4 Å². The fourth-order valence-corrected chi connectivity index (χ4v) is 3.11. The molecule has 6 nitrogen and oxygen atoms in total. The second kappa shape index (κ2) is 9.06. The van der Waals surface area contributed by atoms with Gasteiger partial charge in [-0.25, -0.2) is 9.59 Å². The van der Waals surface area contributed by atoms with Crippen molar-refractivity contribution in [3.8, 4) is 34.1 Å². The third kappa shape index (κ3) is 4.94. The molecule has 0 bridgehead atoms. The van der Waals surface area contributed by atoms with Gasteiger partial charge < -0.3 is 19.7 Å². The number of hydrogen-bond acceptors (Lipinski definition) is 4. The Kier molecular flexibility index (Phi) is 5.85. The minimum atomic E-state index is -1.01. The van der Waals surface area contributed by atoms with Gasteiger partial charge in [0.05, 0.1) is 11.1 Å². The van der Waals surface area contributed by atoms with Gasteiger partial charge in [0.25, 0.3) is 0 Å². The first-order chi connectivity index (χ1) is 15.5. The van der Waals surface area contributed by atoms with Gasteiger partial charge in [-0.3, -0.25) is 0 Å². The predicted octanol–water partition coefficient (Wildman–Crippen LogP) is 6.33. The highest BCUT2D eigenvalue weighted by molar-refractivity contribution is 5.88. The Labute approximate surface area is 183 Å². The molecule has 0 amide bonds. The summed E-state index contributed by atoms with van der Waals surface area (Å²) in [5.41, 5.74) is 2.16. The molecule has 0 saturated carbocycles. The van der Waals surface area contributed by atoms with E-state index in [4.69, 9.17) is 19.7 Å². The topological polar surface area (TPSA) is 93.1 Å². The van der Waals surface area contributed by atoms with E-state index in [1.165, 1.54) is 24.3 Å². The van der Waals surface area contributed by atoms with Crippen LogP contribution in [-0.2, 0) is 0 Å². The molecule has 0 aromatic heterocycles. The normalized spacial score (nSPS) is 10.4. The van der Waals surface area contributed by atoms with Crippen LogP contribution in [0, 0.1) is 0 Å². The monoisotopic (exact) mass is 426 g/mol. The largest absolute Gasteiger partial charge is 0.478 e. The molecule has 4 rings (SSSR count). The number of benzene rings is 4. The fraction of sp³-hybridized carbons (Fsp3) is 0. The lowest BCUT2D eigenvalue weighted by molar-refractivity contribution is 0.0686. The Morgan fingerprint density at radius 1 is 0.500 bits per heavy atom. The Morgan fingerprint density at radius 2 is 0.969 bits per heavy atom. The zero-order valence-electron chi connectivity index (χ0n) is 16.8. The van der Waals surface area contributed by atoms with Crippen molar-refractivity contribution >= 4 is 11.9 Å². The van der Waals surface area contributed by atoms with Crippen LogP contribution in [0.25, 0.3) is 11.1 Å². The quantitative estimate of drug-likeness (QED) is 0.358. The Morgan fingerprint density at radius 3 is 1.50 bits per heavy atom. The summed E-state index contributed by atoms with van der Waals surface area (Å²) >= 11 is 0. The van der Waals surface area contributed by atoms with E-state index >= 15 is 0 Å². The molecule has 0 radical (unpaired) electrons. The number of hydrogen-bond donors (Lipinski definition) is 2. The van der Waals surface area contributed by atoms with Crippen LogP contribution < -0.4 is 9.47 Å². The van der Waals surface area contributed by atoms with E-state index in [0.29, 0.717) is 23.0 Å². The van der Waals surface area contributed by atoms with Crippen molar-refractivity contribution in [2.24, 2.45) is 0 Å². The summed E-state index contributed by atoms with van der Waals surface area (Å²) in [5, 5.41) is 18.2. The lowest BCUT2D eigenvalue weighted by atomic mass is 10.1. The summed E-state index contributed by atoms with van der Waals surface area (Å²) < 4.78 is 11.6. The Balaban J connectivity index is 1.50. The lowest BCUT2D eigenvalue weighted by Crippen LogP contribution is -1.96. The van der Waals surface area contributed by atoms with Crippen LogP contribution >= 0.6 is 0 Å². The van der Waals surface area contributed by atoms with E-state index in [1.807, 2.05) is 30.3 Å². The van der Waals surface area contributed by atoms with Crippen molar-refractivity contribution in [1.82, 2.24) is 0 Å². The molecule has 0 fully saturated rings. The third-order valence-corrected chi connectivity index (χ3v) is 4.66. The average molecular weight is 426 g/mol. The molecule has 0 aliphatic heterocycles.